The van der Waals surface area contributed by atoms with Crippen LogP contribution in [0.2, 0.25) is 0 Å². The van der Waals surface area contributed by atoms with Gasteiger partial charge in [-0.15, -0.1) is 0 Å². The highest BCUT2D eigenvalue weighted by Gasteiger charge is 2.26. The zero-order valence-corrected chi connectivity index (χ0v) is 15.0. The molecule has 1 aromatic rings. The third-order valence-corrected chi connectivity index (χ3v) is 7.49. The molecule has 1 aliphatic carbocycles. The van der Waals surface area contributed by atoms with Crippen LogP contribution in [-0.2, 0) is 16.3 Å². The summed E-state index contributed by atoms with van der Waals surface area (Å²) in [7, 11) is -2.87. The van der Waals surface area contributed by atoms with E-state index < -0.39 is 9.84 Å². The molecular weight excluding hydrogens is 292 g/mol. The lowest BCUT2D eigenvalue weighted by atomic mass is 9.80. The molecule has 22 heavy (non-hydrogen) atoms. The van der Waals surface area contributed by atoms with Crippen molar-refractivity contribution in [2.45, 2.75) is 64.5 Å². The summed E-state index contributed by atoms with van der Waals surface area (Å²) in [6.07, 6.45) is 6.97. The Hall–Kier alpha value is -0.830. The van der Waals surface area contributed by atoms with E-state index in [0.717, 1.165) is 25.2 Å². The summed E-state index contributed by atoms with van der Waals surface area (Å²) in [5, 5.41) is -0.230. The van der Waals surface area contributed by atoms with Gasteiger partial charge in [-0.05, 0) is 63.9 Å². The molecule has 0 atom stereocenters. The van der Waals surface area contributed by atoms with Gasteiger partial charge in [0.2, 0.25) is 0 Å². The number of hydrogen-bond acceptors (Lipinski definition) is 2. The monoisotopic (exact) mass is 322 g/mol. The van der Waals surface area contributed by atoms with Crippen molar-refractivity contribution in [1.82, 2.24) is 0 Å². The summed E-state index contributed by atoms with van der Waals surface area (Å²) < 4.78 is 24.0. The molecule has 2 rings (SSSR count). The first-order chi connectivity index (χ1) is 10.4. The Morgan fingerprint density at radius 1 is 1.00 bits per heavy atom. The van der Waals surface area contributed by atoms with Crippen LogP contribution in [0, 0.1) is 18.8 Å². The van der Waals surface area contributed by atoms with Crippen LogP contribution in [0.15, 0.2) is 24.3 Å². The summed E-state index contributed by atoms with van der Waals surface area (Å²) in [6.45, 7) is 5.71. The van der Waals surface area contributed by atoms with Crippen molar-refractivity contribution in [3.8, 4) is 0 Å². The molecule has 0 heterocycles. The molecule has 0 radical (unpaired) electrons. The second kappa shape index (κ2) is 7.63. The molecule has 1 aliphatic rings. The maximum absolute atomic E-state index is 12.0. The SMILES string of the molecule is Cc1ccc(CCC2CCC(CS(=O)(=O)C(C)C)CC2)cc1. The molecule has 0 aliphatic heterocycles. The van der Waals surface area contributed by atoms with E-state index in [1.807, 2.05) is 0 Å². The van der Waals surface area contributed by atoms with Gasteiger partial charge in [0, 0.05) is 0 Å². The summed E-state index contributed by atoms with van der Waals surface area (Å²) in [5.41, 5.74) is 2.74. The van der Waals surface area contributed by atoms with Gasteiger partial charge in [0.1, 0.15) is 0 Å². The largest absolute Gasteiger partial charge is 0.229 e. The van der Waals surface area contributed by atoms with Crippen molar-refractivity contribution < 1.29 is 8.42 Å². The van der Waals surface area contributed by atoms with Crippen molar-refractivity contribution in [2.75, 3.05) is 5.75 Å². The second-order valence-electron chi connectivity index (χ2n) is 7.29. The molecule has 0 bridgehead atoms. The molecule has 0 spiro atoms. The van der Waals surface area contributed by atoms with E-state index in [-0.39, 0.29) is 5.25 Å². The highest BCUT2D eigenvalue weighted by atomic mass is 32.2. The molecule has 0 saturated heterocycles. The zero-order chi connectivity index (χ0) is 16.2. The molecule has 1 saturated carbocycles. The van der Waals surface area contributed by atoms with Crippen molar-refractivity contribution in [3.05, 3.63) is 35.4 Å². The number of aryl methyl sites for hydroxylation is 2. The predicted molar refractivity (Wildman–Crippen MR) is 93.9 cm³/mol. The van der Waals surface area contributed by atoms with E-state index in [1.165, 1.54) is 30.4 Å². The Morgan fingerprint density at radius 3 is 2.09 bits per heavy atom. The molecule has 124 valence electrons. The van der Waals surface area contributed by atoms with Gasteiger partial charge in [0.05, 0.1) is 11.0 Å². The van der Waals surface area contributed by atoms with Gasteiger partial charge in [-0.3, -0.25) is 0 Å². The average molecular weight is 323 g/mol. The summed E-state index contributed by atoms with van der Waals surface area (Å²) in [6, 6.07) is 8.83. The van der Waals surface area contributed by atoms with Crippen LogP contribution in [0.25, 0.3) is 0 Å². The van der Waals surface area contributed by atoms with Gasteiger partial charge in [-0.1, -0.05) is 42.7 Å². The maximum Gasteiger partial charge on any atom is 0.152 e. The first-order valence-corrected chi connectivity index (χ1v) is 10.4. The Labute approximate surface area is 136 Å². The summed E-state index contributed by atoms with van der Waals surface area (Å²) in [5.74, 6) is 1.57. The van der Waals surface area contributed by atoms with E-state index in [9.17, 15) is 8.42 Å². The highest BCUT2D eigenvalue weighted by Crippen LogP contribution is 2.32. The lowest BCUT2D eigenvalue weighted by Gasteiger charge is -2.28. The van der Waals surface area contributed by atoms with Gasteiger partial charge in [0.15, 0.2) is 9.84 Å². The second-order valence-corrected chi connectivity index (χ2v) is 9.89. The van der Waals surface area contributed by atoms with E-state index in [2.05, 4.69) is 31.2 Å². The standard InChI is InChI=1S/C19H30O2S/c1-15(2)22(20,21)14-19-12-10-18(11-13-19)9-8-17-6-4-16(3)5-7-17/h4-7,15,18-19H,8-14H2,1-3H3. The highest BCUT2D eigenvalue weighted by molar-refractivity contribution is 7.91. The molecular formula is C19H30O2S. The molecule has 3 heteroatoms. The Balaban J connectivity index is 1.74. The quantitative estimate of drug-likeness (QED) is 0.769. The van der Waals surface area contributed by atoms with Crippen LogP contribution >= 0.6 is 0 Å². The lowest BCUT2D eigenvalue weighted by Crippen LogP contribution is -2.26. The third-order valence-electron chi connectivity index (χ3n) is 5.11. The Bertz CT molecular complexity index is 550. The minimum atomic E-state index is -2.87. The van der Waals surface area contributed by atoms with Gasteiger partial charge < -0.3 is 0 Å². The molecule has 2 nitrogen and oxygen atoms in total. The fraction of sp³-hybridized carbons (Fsp3) is 0.684. The molecule has 0 amide bonds. The normalized spacial score (nSPS) is 22.9. The molecule has 0 N–H and O–H groups in total. The van der Waals surface area contributed by atoms with Crippen LogP contribution < -0.4 is 0 Å². The summed E-state index contributed by atoms with van der Waals surface area (Å²) >= 11 is 0. The molecule has 1 aromatic carbocycles. The first kappa shape index (κ1) is 17.5. The van der Waals surface area contributed by atoms with E-state index in [1.54, 1.807) is 13.8 Å². The third kappa shape index (κ3) is 5.12. The van der Waals surface area contributed by atoms with Crippen LogP contribution in [0.5, 0.6) is 0 Å². The zero-order valence-electron chi connectivity index (χ0n) is 14.2. The number of hydrogen-bond donors (Lipinski definition) is 0. The van der Waals surface area contributed by atoms with E-state index in [4.69, 9.17) is 0 Å². The number of rotatable bonds is 6. The summed E-state index contributed by atoms with van der Waals surface area (Å²) in [4.78, 5) is 0. The van der Waals surface area contributed by atoms with Crippen molar-refractivity contribution in [1.29, 1.82) is 0 Å². The minimum Gasteiger partial charge on any atom is -0.229 e. The van der Waals surface area contributed by atoms with Crippen molar-refractivity contribution in [2.24, 2.45) is 11.8 Å². The maximum atomic E-state index is 12.0. The van der Waals surface area contributed by atoms with Gasteiger partial charge >= 0.3 is 0 Å². The number of sulfone groups is 1. The van der Waals surface area contributed by atoms with Crippen LogP contribution in [-0.4, -0.2) is 19.4 Å². The average Bonchev–Trinajstić information content (AvgIpc) is 2.48. The topological polar surface area (TPSA) is 34.1 Å². The lowest BCUT2D eigenvalue weighted by molar-refractivity contribution is 0.278. The Kier molecular flexibility index (Phi) is 6.08. The fourth-order valence-electron chi connectivity index (χ4n) is 3.33. The van der Waals surface area contributed by atoms with Crippen LogP contribution in [0.3, 0.4) is 0 Å². The van der Waals surface area contributed by atoms with Crippen LogP contribution in [0.1, 0.15) is 57.1 Å². The smallest absolute Gasteiger partial charge is 0.152 e. The van der Waals surface area contributed by atoms with Crippen LogP contribution in [0.4, 0.5) is 0 Å². The van der Waals surface area contributed by atoms with E-state index in [0.29, 0.717) is 11.7 Å². The van der Waals surface area contributed by atoms with Gasteiger partial charge in [0.25, 0.3) is 0 Å². The van der Waals surface area contributed by atoms with Crippen molar-refractivity contribution in [3.63, 3.8) is 0 Å². The van der Waals surface area contributed by atoms with Crippen molar-refractivity contribution >= 4 is 9.84 Å². The molecule has 0 unspecified atom stereocenters. The fourth-order valence-corrected chi connectivity index (χ4v) is 4.71. The molecule has 1 fully saturated rings. The van der Waals surface area contributed by atoms with Gasteiger partial charge in [-0.25, -0.2) is 8.42 Å². The minimum absolute atomic E-state index is 0.230. The van der Waals surface area contributed by atoms with Gasteiger partial charge in [-0.2, -0.15) is 0 Å². The number of benzene rings is 1. The predicted octanol–water partition coefficient (Wildman–Crippen LogP) is 4.56. The first-order valence-electron chi connectivity index (χ1n) is 8.64. The van der Waals surface area contributed by atoms with E-state index >= 15 is 0 Å². The molecule has 0 aromatic heterocycles. The Morgan fingerprint density at radius 2 is 1.55 bits per heavy atom.